The molecular weight excluding hydrogens is 232 g/mol. The van der Waals surface area contributed by atoms with Crippen LogP contribution in [0, 0.1) is 0 Å². The zero-order valence-corrected chi connectivity index (χ0v) is 11.4. The van der Waals surface area contributed by atoms with Crippen LogP contribution >= 0.6 is 0 Å². The van der Waals surface area contributed by atoms with Crippen molar-refractivity contribution in [1.29, 1.82) is 0 Å². The van der Waals surface area contributed by atoms with Gasteiger partial charge in [-0.25, -0.2) is 0 Å². The third-order valence-electron chi connectivity index (χ3n) is 3.00. The van der Waals surface area contributed by atoms with Crippen LogP contribution < -0.4 is 5.32 Å². The molecule has 1 saturated heterocycles. The highest BCUT2D eigenvalue weighted by Gasteiger charge is 2.16. The van der Waals surface area contributed by atoms with Gasteiger partial charge in [-0.15, -0.1) is 0 Å². The lowest BCUT2D eigenvalue weighted by Gasteiger charge is -2.21. The first-order valence-corrected chi connectivity index (χ1v) is 6.79. The molecule has 0 aliphatic carbocycles. The third kappa shape index (κ3) is 6.00. The van der Waals surface area contributed by atoms with Crippen molar-refractivity contribution in [1.82, 2.24) is 10.2 Å². The zero-order chi connectivity index (χ0) is 13.4. The van der Waals surface area contributed by atoms with Gasteiger partial charge in [0.1, 0.15) is 0 Å². The van der Waals surface area contributed by atoms with E-state index in [9.17, 15) is 9.59 Å². The summed E-state index contributed by atoms with van der Waals surface area (Å²) in [5.41, 5.74) is 0. The smallest absolute Gasteiger partial charge is 0.306 e. The van der Waals surface area contributed by atoms with Gasteiger partial charge in [0.2, 0.25) is 5.91 Å². The standard InChI is InChI=1S/C13H24N2O3/c1-3-18-13(17)7-6-12(16)14-11(2)10-15-8-4-5-9-15/h11H,3-10H2,1-2H3,(H,14,16). The summed E-state index contributed by atoms with van der Waals surface area (Å²) in [6, 6.07) is 0.137. The summed E-state index contributed by atoms with van der Waals surface area (Å²) in [6.07, 6.45) is 2.88. The third-order valence-corrected chi connectivity index (χ3v) is 3.00. The number of esters is 1. The molecule has 1 heterocycles. The maximum Gasteiger partial charge on any atom is 0.306 e. The summed E-state index contributed by atoms with van der Waals surface area (Å²) in [5.74, 6) is -0.380. The molecule has 0 aromatic carbocycles. The second kappa shape index (κ2) is 8.08. The van der Waals surface area contributed by atoms with Gasteiger partial charge in [0.25, 0.3) is 0 Å². The Bertz CT molecular complexity index is 275. The summed E-state index contributed by atoms with van der Waals surface area (Å²) in [6.45, 7) is 7.28. The first-order valence-electron chi connectivity index (χ1n) is 6.79. The molecule has 1 atom stereocenters. The highest BCUT2D eigenvalue weighted by atomic mass is 16.5. The molecule has 0 bridgehead atoms. The molecule has 1 amide bonds. The van der Waals surface area contributed by atoms with E-state index in [1.54, 1.807) is 6.92 Å². The Kier molecular flexibility index (Phi) is 6.72. The van der Waals surface area contributed by atoms with Gasteiger partial charge in [-0.3, -0.25) is 9.59 Å². The molecule has 0 aromatic rings. The largest absolute Gasteiger partial charge is 0.466 e. The fourth-order valence-corrected chi connectivity index (χ4v) is 2.19. The van der Waals surface area contributed by atoms with Gasteiger partial charge >= 0.3 is 5.97 Å². The highest BCUT2D eigenvalue weighted by Crippen LogP contribution is 2.07. The van der Waals surface area contributed by atoms with Crippen LogP contribution in [0.3, 0.4) is 0 Å². The van der Waals surface area contributed by atoms with E-state index in [1.807, 2.05) is 6.92 Å². The van der Waals surface area contributed by atoms with Crippen molar-refractivity contribution in [3.8, 4) is 0 Å². The fraction of sp³-hybridized carbons (Fsp3) is 0.846. The maximum atomic E-state index is 11.6. The van der Waals surface area contributed by atoms with Crippen molar-refractivity contribution in [3.63, 3.8) is 0 Å². The number of hydrogen-bond acceptors (Lipinski definition) is 4. The molecule has 104 valence electrons. The van der Waals surface area contributed by atoms with Crippen LogP contribution in [0.15, 0.2) is 0 Å². The number of rotatable bonds is 7. The van der Waals surface area contributed by atoms with Gasteiger partial charge in [-0.05, 0) is 39.8 Å². The number of ether oxygens (including phenoxy) is 1. The Morgan fingerprint density at radius 1 is 1.28 bits per heavy atom. The first-order chi connectivity index (χ1) is 8.61. The molecule has 1 fully saturated rings. The van der Waals surface area contributed by atoms with Crippen molar-refractivity contribution >= 4 is 11.9 Å². The lowest BCUT2D eigenvalue weighted by atomic mass is 10.2. The summed E-state index contributed by atoms with van der Waals surface area (Å²) in [5, 5.41) is 2.92. The summed E-state index contributed by atoms with van der Waals surface area (Å²) in [4.78, 5) is 25.1. The van der Waals surface area contributed by atoms with Crippen LogP contribution in [-0.4, -0.2) is 49.1 Å². The van der Waals surface area contributed by atoms with Crippen molar-refractivity contribution in [3.05, 3.63) is 0 Å². The minimum atomic E-state index is -0.306. The minimum absolute atomic E-state index is 0.0743. The first kappa shape index (κ1) is 15.0. The van der Waals surface area contributed by atoms with E-state index in [0.717, 1.165) is 19.6 Å². The van der Waals surface area contributed by atoms with Crippen LogP contribution in [-0.2, 0) is 14.3 Å². The van der Waals surface area contributed by atoms with Gasteiger partial charge in [-0.1, -0.05) is 0 Å². The van der Waals surface area contributed by atoms with E-state index in [1.165, 1.54) is 12.8 Å². The van der Waals surface area contributed by atoms with Crippen molar-refractivity contribution in [2.24, 2.45) is 0 Å². The summed E-state index contributed by atoms with van der Waals surface area (Å²) < 4.78 is 4.78. The number of carbonyl (C=O) groups is 2. The molecule has 5 nitrogen and oxygen atoms in total. The van der Waals surface area contributed by atoms with Crippen molar-refractivity contribution in [2.75, 3.05) is 26.2 Å². The Hall–Kier alpha value is -1.10. The van der Waals surface area contributed by atoms with E-state index in [2.05, 4.69) is 10.2 Å². The van der Waals surface area contributed by atoms with Crippen molar-refractivity contribution in [2.45, 2.75) is 45.6 Å². The predicted octanol–water partition coefficient (Wildman–Crippen LogP) is 0.930. The van der Waals surface area contributed by atoms with Crippen LogP contribution in [0.25, 0.3) is 0 Å². The van der Waals surface area contributed by atoms with Gasteiger partial charge < -0.3 is 15.0 Å². The maximum absolute atomic E-state index is 11.6. The Morgan fingerprint density at radius 3 is 2.56 bits per heavy atom. The number of carbonyl (C=O) groups excluding carboxylic acids is 2. The average Bonchev–Trinajstić information content (AvgIpc) is 2.79. The molecule has 0 saturated carbocycles. The van der Waals surface area contributed by atoms with E-state index in [-0.39, 0.29) is 30.8 Å². The topological polar surface area (TPSA) is 58.6 Å². The van der Waals surface area contributed by atoms with Gasteiger partial charge in [0.15, 0.2) is 0 Å². The molecule has 1 N–H and O–H groups in total. The van der Waals surface area contributed by atoms with E-state index < -0.39 is 0 Å². The number of likely N-dealkylation sites (tertiary alicyclic amines) is 1. The van der Waals surface area contributed by atoms with Crippen LogP contribution in [0.2, 0.25) is 0 Å². The SMILES string of the molecule is CCOC(=O)CCC(=O)NC(C)CN1CCCC1. The summed E-state index contributed by atoms with van der Waals surface area (Å²) in [7, 11) is 0. The highest BCUT2D eigenvalue weighted by molar-refractivity contribution is 5.81. The van der Waals surface area contributed by atoms with Gasteiger partial charge in [0, 0.05) is 19.0 Å². The fourth-order valence-electron chi connectivity index (χ4n) is 2.19. The normalized spacial score (nSPS) is 17.4. The number of nitrogens with one attached hydrogen (secondary N) is 1. The van der Waals surface area contributed by atoms with Crippen LogP contribution in [0.1, 0.15) is 39.5 Å². The Morgan fingerprint density at radius 2 is 1.94 bits per heavy atom. The molecule has 1 aliphatic heterocycles. The number of amides is 1. The average molecular weight is 256 g/mol. The predicted molar refractivity (Wildman–Crippen MR) is 69.1 cm³/mol. The monoisotopic (exact) mass is 256 g/mol. The molecular formula is C13H24N2O3. The van der Waals surface area contributed by atoms with E-state index >= 15 is 0 Å². The molecule has 1 rings (SSSR count). The van der Waals surface area contributed by atoms with Crippen LogP contribution in [0.4, 0.5) is 0 Å². The molecule has 0 spiro atoms. The molecule has 1 unspecified atom stereocenters. The van der Waals surface area contributed by atoms with Crippen LogP contribution in [0.5, 0.6) is 0 Å². The second-order valence-electron chi connectivity index (χ2n) is 4.78. The molecule has 5 heteroatoms. The van der Waals surface area contributed by atoms with E-state index in [0.29, 0.717) is 6.61 Å². The summed E-state index contributed by atoms with van der Waals surface area (Å²) >= 11 is 0. The van der Waals surface area contributed by atoms with Crippen molar-refractivity contribution < 1.29 is 14.3 Å². The lowest BCUT2D eigenvalue weighted by molar-refractivity contribution is -0.144. The van der Waals surface area contributed by atoms with Gasteiger partial charge in [-0.2, -0.15) is 0 Å². The zero-order valence-electron chi connectivity index (χ0n) is 11.4. The lowest BCUT2D eigenvalue weighted by Crippen LogP contribution is -2.41. The Balaban J connectivity index is 2.12. The molecule has 0 aromatic heterocycles. The number of nitrogens with zero attached hydrogens (tertiary/aromatic N) is 1. The molecule has 18 heavy (non-hydrogen) atoms. The second-order valence-corrected chi connectivity index (χ2v) is 4.78. The molecule has 0 radical (unpaired) electrons. The quantitative estimate of drug-likeness (QED) is 0.688. The molecule has 1 aliphatic rings. The minimum Gasteiger partial charge on any atom is -0.466 e. The van der Waals surface area contributed by atoms with E-state index in [4.69, 9.17) is 4.74 Å². The number of hydrogen-bond donors (Lipinski definition) is 1. The Labute approximate surface area is 109 Å². The van der Waals surface area contributed by atoms with Gasteiger partial charge in [0.05, 0.1) is 13.0 Å².